The van der Waals surface area contributed by atoms with E-state index in [9.17, 15) is 0 Å². The van der Waals surface area contributed by atoms with Gasteiger partial charge in [0.25, 0.3) is 0 Å². The molecule has 1 rings (SSSR count). The lowest BCUT2D eigenvalue weighted by molar-refractivity contribution is 0.842. The summed E-state index contributed by atoms with van der Waals surface area (Å²) < 4.78 is 0. The average molecular weight is 119 g/mol. The van der Waals surface area contributed by atoms with Gasteiger partial charge in [-0.3, -0.25) is 0 Å². The van der Waals surface area contributed by atoms with E-state index in [1.807, 2.05) is 18.2 Å². The summed E-state index contributed by atoms with van der Waals surface area (Å²) in [4.78, 5) is 0. The highest BCUT2D eigenvalue weighted by Gasteiger charge is 2.01. The molecule has 0 aromatic rings. The van der Waals surface area contributed by atoms with Gasteiger partial charge in [-0.15, -0.1) is 6.42 Å². The van der Waals surface area contributed by atoms with Crippen LogP contribution in [0.1, 0.15) is 6.42 Å². The lowest BCUT2D eigenvalue weighted by atomic mass is 10.0. The maximum absolute atomic E-state index is 5.46. The molecule has 1 aliphatic rings. The zero-order chi connectivity index (χ0) is 6.69. The number of allylic oxidation sites excluding steroid dienone is 3. The minimum Gasteiger partial charge on any atom is -0.399 e. The van der Waals surface area contributed by atoms with Gasteiger partial charge in [0, 0.05) is 11.6 Å². The first-order valence-corrected chi connectivity index (χ1v) is 2.93. The van der Waals surface area contributed by atoms with Crippen LogP contribution in [0.2, 0.25) is 0 Å². The van der Waals surface area contributed by atoms with E-state index in [-0.39, 0.29) is 5.92 Å². The third-order valence-electron chi connectivity index (χ3n) is 1.34. The Hall–Kier alpha value is -1.16. The highest BCUT2D eigenvalue weighted by molar-refractivity contribution is 5.24. The fourth-order valence-electron chi connectivity index (χ4n) is 0.761. The maximum atomic E-state index is 5.46. The zero-order valence-corrected chi connectivity index (χ0v) is 5.17. The van der Waals surface area contributed by atoms with E-state index in [0.717, 1.165) is 12.1 Å². The fourth-order valence-corrected chi connectivity index (χ4v) is 0.761. The molecule has 9 heavy (non-hydrogen) atoms. The molecule has 1 unspecified atom stereocenters. The van der Waals surface area contributed by atoms with Crippen LogP contribution < -0.4 is 5.73 Å². The van der Waals surface area contributed by atoms with Crippen molar-refractivity contribution in [3.8, 4) is 12.3 Å². The highest BCUT2D eigenvalue weighted by atomic mass is 14.6. The van der Waals surface area contributed by atoms with Crippen molar-refractivity contribution < 1.29 is 0 Å². The fraction of sp³-hybridized carbons (Fsp3) is 0.250. The number of hydrogen-bond donors (Lipinski definition) is 1. The van der Waals surface area contributed by atoms with E-state index < -0.39 is 0 Å². The summed E-state index contributed by atoms with van der Waals surface area (Å²) in [6, 6.07) is 0. The summed E-state index contributed by atoms with van der Waals surface area (Å²) in [6.07, 6.45) is 11.8. The molecule has 2 N–H and O–H groups in total. The van der Waals surface area contributed by atoms with Crippen LogP contribution in [0, 0.1) is 18.3 Å². The first-order valence-electron chi connectivity index (χ1n) is 2.93. The Morgan fingerprint density at radius 2 is 2.56 bits per heavy atom. The van der Waals surface area contributed by atoms with E-state index in [1.54, 1.807) is 0 Å². The van der Waals surface area contributed by atoms with E-state index in [0.29, 0.717) is 0 Å². The third kappa shape index (κ3) is 1.36. The Labute approximate surface area is 55.2 Å². The second-order valence-corrected chi connectivity index (χ2v) is 2.07. The van der Waals surface area contributed by atoms with Crippen LogP contribution in [0.3, 0.4) is 0 Å². The molecule has 0 heterocycles. The quantitative estimate of drug-likeness (QED) is 0.474. The molecule has 0 amide bonds. The van der Waals surface area contributed by atoms with Crippen molar-refractivity contribution in [3.63, 3.8) is 0 Å². The Balaban J connectivity index is 2.61. The molecule has 0 fully saturated rings. The molecule has 0 aromatic carbocycles. The lowest BCUT2D eigenvalue weighted by Gasteiger charge is -2.06. The van der Waals surface area contributed by atoms with Crippen LogP contribution >= 0.6 is 0 Å². The third-order valence-corrected chi connectivity index (χ3v) is 1.34. The molecule has 46 valence electrons. The molecule has 0 aromatic heterocycles. The summed E-state index contributed by atoms with van der Waals surface area (Å²) in [5.41, 5.74) is 6.28. The van der Waals surface area contributed by atoms with Gasteiger partial charge in [0.05, 0.1) is 0 Å². The van der Waals surface area contributed by atoms with Crippen LogP contribution in [0.25, 0.3) is 0 Å². The summed E-state index contributed by atoms with van der Waals surface area (Å²) in [6.45, 7) is 0. The molecule has 0 aliphatic heterocycles. The molecule has 1 heteroatoms. The van der Waals surface area contributed by atoms with Crippen molar-refractivity contribution >= 4 is 0 Å². The van der Waals surface area contributed by atoms with Gasteiger partial charge in [-0.05, 0) is 12.5 Å². The smallest absolute Gasteiger partial charge is 0.0419 e. The molecule has 0 radical (unpaired) electrons. The summed E-state index contributed by atoms with van der Waals surface area (Å²) >= 11 is 0. The van der Waals surface area contributed by atoms with E-state index in [2.05, 4.69) is 5.92 Å². The van der Waals surface area contributed by atoms with Gasteiger partial charge in [0.2, 0.25) is 0 Å². The Bertz CT molecular complexity index is 193. The largest absolute Gasteiger partial charge is 0.399 e. The first kappa shape index (κ1) is 5.97. The minimum absolute atomic E-state index is 0.261. The van der Waals surface area contributed by atoms with Gasteiger partial charge in [0.15, 0.2) is 0 Å². The Morgan fingerprint density at radius 1 is 1.78 bits per heavy atom. The monoisotopic (exact) mass is 119 g/mol. The number of hydrogen-bond acceptors (Lipinski definition) is 1. The van der Waals surface area contributed by atoms with Crippen molar-refractivity contribution in [1.29, 1.82) is 0 Å². The number of rotatable bonds is 0. The topological polar surface area (TPSA) is 26.0 Å². The van der Waals surface area contributed by atoms with Crippen LogP contribution in [0.5, 0.6) is 0 Å². The zero-order valence-electron chi connectivity index (χ0n) is 5.17. The second-order valence-electron chi connectivity index (χ2n) is 2.07. The molecule has 1 nitrogen and oxygen atoms in total. The van der Waals surface area contributed by atoms with Crippen LogP contribution in [-0.4, -0.2) is 0 Å². The molecule has 1 aliphatic carbocycles. The van der Waals surface area contributed by atoms with Gasteiger partial charge in [-0.25, -0.2) is 0 Å². The summed E-state index contributed by atoms with van der Waals surface area (Å²) in [5.74, 6) is 2.90. The number of terminal acetylenes is 1. The molecule has 0 saturated heterocycles. The van der Waals surface area contributed by atoms with Gasteiger partial charge < -0.3 is 5.73 Å². The van der Waals surface area contributed by atoms with Crippen molar-refractivity contribution in [2.75, 3.05) is 0 Å². The van der Waals surface area contributed by atoms with Gasteiger partial charge in [0.1, 0.15) is 0 Å². The highest BCUT2D eigenvalue weighted by Crippen LogP contribution is 2.11. The molecule has 0 bridgehead atoms. The molecule has 0 saturated carbocycles. The minimum atomic E-state index is 0.261. The standard InChI is InChI=1S/C8H9N/c1-2-7-3-5-8(9)6-4-7/h1,3,5-7H,4,9H2. The van der Waals surface area contributed by atoms with Crippen LogP contribution in [0.15, 0.2) is 23.9 Å². The van der Waals surface area contributed by atoms with Crippen molar-refractivity contribution in [2.45, 2.75) is 6.42 Å². The second kappa shape index (κ2) is 2.41. The predicted octanol–water partition coefficient (Wildman–Crippen LogP) is 1.04. The van der Waals surface area contributed by atoms with Crippen LogP contribution in [-0.2, 0) is 0 Å². The molecular weight excluding hydrogens is 110 g/mol. The van der Waals surface area contributed by atoms with Gasteiger partial charge in [-0.1, -0.05) is 18.1 Å². The molecule has 1 atom stereocenters. The van der Waals surface area contributed by atoms with Crippen molar-refractivity contribution in [2.24, 2.45) is 11.7 Å². The Morgan fingerprint density at radius 3 is 3.00 bits per heavy atom. The van der Waals surface area contributed by atoms with E-state index in [4.69, 9.17) is 12.2 Å². The predicted molar refractivity (Wildman–Crippen MR) is 38.4 cm³/mol. The van der Waals surface area contributed by atoms with Crippen LogP contribution in [0.4, 0.5) is 0 Å². The first-order chi connectivity index (χ1) is 4.33. The van der Waals surface area contributed by atoms with Gasteiger partial charge in [-0.2, -0.15) is 0 Å². The average Bonchev–Trinajstić information content (AvgIpc) is 1.90. The lowest BCUT2D eigenvalue weighted by Crippen LogP contribution is -2.01. The van der Waals surface area contributed by atoms with Crippen molar-refractivity contribution in [3.05, 3.63) is 23.9 Å². The number of nitrogens with two attached hydrogens (primary N) is 1. The molecule has 0 spiro atoms. The van der Waals surface area contributed by atoms with E-state index >= 15 is 0 Å². The molecular formula is C8H9N. The SMILES string of the molecule is C#CC1C=CC(N)=CC1. The Kier molecular flexibility index (Phi) is 1.60. The van der Waals surface area contributed by atoms with Gasteiger partial charge >= 0.3 is 0 Å². The normalized spacial score (nSPS) is 24.8. The van der Waals surface area contributed by atoms with Crippen molar-refractivity contribution in [1.82, 2.24) is 0 Å². The van der Waals surface area contributed by atoms with E-state index in [1.165, 1.54) is 0 Å². The maximum Gasteiger partial charge on any atom is 0.0419 e. The summed E-state index contributed by atoms with van der Waals surface area (Å²) in [5, 5.41) is 0. The summed E-state index contributed by atoms with van der Waals surface area (Å²) in [7, 11) is 0.